The third kappa shape index (κ3) is 4.09. The number of esters is 1. The van der Waals surface area contributed by atoms with Crippen molar-refractivity contribution in [3.8, 4) is 0 Å². The lowest BCUT2D eigenvalue weighted by molar-refractivity contribution is -0.138. The van der Waals surface area contributed by atoms with Crippen molar-refractivity contribution in [1.82, 2.24) is 9.29 Å². The first-order chi connectivity index (χ1) is 12.9. The van der Waals surface area contributed by atoms with Crippen LogP contribution in [0.5, 0.6) is 0 Å². The molecule has 0 aliphatic carbocycles. The standard InChI is InChI=1S/C20H22N2O4S/c1-3-26-20(23)17-6-9-19(16-10-12-21-13-11-16)22(14-17)27(24,25)18-7-4-15(2)5-8-18/h4-8,10-13,19H,3,9,14H2,1-2H3/t19-/m0/s1. The van der Waals surface area contributed by atoms with Crippen molar-refractivity contribution < 1.29 is 17.9 Å². The number of hydrogen-bond donors (Lipinski definition) is 0. The van der Waals surface area contributed by atoms with Gasteiger partial charge in [0.05, 0.1) is 17.5 Å². The van der Waals surface area contributed by atoms with Crippen molar-refractivity contribution in [1.29, 1.82) is 0 Å². The number of aromatic nitrogens is 1. The topological polar surface area (TPSA) is 76.6 Å². The van der Waals surface area contributed by atoms with Gasteiger partial charge in [0.1, 0.15) is 0 Å². The Hall–Kier alpha value is -2.51. The molecule has 0 spiro atoms. The van der Waals surface area contributed by atoms with Gasteiger partial charge >= 0.3 is 5.97 Å². The maximum absolute atomic E-state index is 13.3. The molecule has 0 N–H and O–H groups in total. The van der Waals surface area contributed by atoms with Gasteiger partial charge in [0.15, 0.2) is 0 Å². The molecule has 0 saturated carbocycles. The van der Waals surface area contributed by atoms with E-state index < -0.39 is 22.0 Å². The molecule has 7 heteroatoms. The number of rotatable bonds is 5. The monoisotopic (exact) mass is 386 g/mol. The van der Waals surface area contributed by atoms with Crippen molar-refractivity contribution in [3.05, 3.63) is 71.6 Å². The van der Waals surface area contributed by atoms with Gasteiger partial charge in [0.2, 0.25) is 10.0 Å². The normalized spacial score (nSPS) is 18.0. The molecule has 1 aliphatic rings. The van der Waals surface area contributed by atoms with Gasteiger partial charge in [0, 0.05) is 24.5 Å². The van der Waals surface area contributed by atoms with Gasteiger partial charge in [0.25, 0.3) is 0 Å². The Morgan fingerprint density at radius 1 is 1.19 bits per heavy atom. The summed E-state index contributed by atoms with van der Waals surface area (Å²) in [6.07, 6.45) is 5.43. The minimum absolute atomic E-state index is 0.0258. The van der Waals surface area contributed by atoms with E-state index >= 15 is 0 Å². The summed E-state index contributed by atoms with van der Waals surface area (Å²) in [6, 6.07) is 9.91. The highest BCUT2D eigenvalue weighted by molar-refractivity contribution is 7.89. The molecule has 3 rings (SSSR count). The summed E-state index contributed by atoms with van der Waals surface area (Å²) < 4.78 is 33.1. The fourth-order valence-electron chi connectivity index (χ4n) is 3.07. The fourth-order valence-corrected chi connectivity index (χ4v) is 4.67. The fraction of sp³-hybridized carbons (Fsp3) is 0.300. The summed E-state index contributed by atoms with van der Waals surface area (Å²) in [7, 11) is -3.79. The van der Waals surface area contributed by atoms with Crippen LogP contribution in [-0.4, -0.2) is 36.8 Å². The summed E-state index contributed by atoms with van der Waals surface area (Å²) >= 11 is 0. The maximum Gasteiger partial charge on any atom is 0.335 e. The second-order valence-electron chi connectivity index (χ2n) is 6.35. The highest BCUT2D eigenvalue weighted by atomic mass is 32.2. The molecule has 1 atom stereocenters. The molecule has 0 radical (unpaired) electrons. The van der Waals surface area contributed by atoms with Gasteiger partial charge in [-0.2, -0.15) is 4.31 Å². The molecule has 0 saturated heterocycles. The number of carbonyl (C=O) groups is 1. The van der Waals surface area contributed by atoms with Gasteiger partial charge in [-0.25, -0.2) is 13.2 Å². The summed E-state index contributed by atoms with van der Waals surface area (Å²) in [5, 5.41) is 0. The molecule has 2 aromatic rings. The molecule has 1 aromatic heterocycles. The van der Waals surface area contributed by atoms with Crippen molar-refractivity contribution in [2.75, 3.05) is 13.2 Å². The molecule has 142 valence electrons. The molecule has 1 aliphatic heterocycles. The second-order valence-corrected chi connectivity index (χ2v) is 8.24. The first-order valence-electron chi connectivity index (χ1n) is 8.78. The van der Waals surface area contributed by atoms with Crippen molar-refractivity contribution in [2.45, 2.75) is 31.2 Å². The van der Waals surface area contributed by atoms with E-state index in [0.29, 0.717) is 12.0 Å². The van der Waals surface area contributed by atoms with E-state index in [9.17, 15) is 13.2 Å². The van der Waals surface area contributed by atoms with E-state index in [1.165, 1.54) is 4.31 Å². The van der Waals surface area contributed by atoms with Gasteiger partial charge in [-0.3, -0.25) is 4.98 Å². The SMILES string of the molecule is CCOC(=O)C1=CC[C@@H](c2ccncc2)N(S(=O)(=O)c2ccc(C)cc2)C1. The van der Waals surface area contributed by atoms with Crippen LogP contribution >= 0.6 is 0 Å². The number of carbonyl (C=O) groups excluding carboxylic acids is 1. The van der Waals surface area contributed by atoms with Crippen molar-refractivity contribution in [3.63, 3.8) is 0 Å². The lowest BCUT2D eigenvalue weighted by Gasteiger charge is -2.34. The van der Waals surface area contributed by atoms with E-state index in [1.54, 1.807) is 61.8 Å². The lowest BCUT2D eigenvalue weighted by Crippen LogP contribution is -2.40. The van der Waals surface area contributed by atoms with Crippen LogP contribution in [0, 0.1) is 6.92 Å². The number of nitrogens with zero attached hydrogens (tertiary/aromatic N) is 2. The van der Waals surface area contributed by atoms with E-state index in [4.69, 9.17) is 4.74 Å². The first-order valence-corrected chi connectivity index (χ1v) is 10.2. The molecule has 0 amide bonds. The Kier molecular flexibility index (Phi) is 5.72. The van der Waals surface area contributed by atoms with E-state index in [0.717, 1.165) is 11.1 Å². The lowest BCUT2D eigenvalue weighted by atomic mass is 9.99. The number of pyridine rings is 1. The highest BCUT2D eigenvalue weighted by Gasteiger charge is 2.36. The third-order valence-corrected chi connectivity index (χ3v) is 6.39. The Bertz CT molecular complexity index is 938. The molecular formula is C20H22N2O4S. The van der Waals surface area contributed by atoms with Crippen LogP contribution in [0.4, 0.5) is 0 Å². The number of hydrogen-bond acceptors (Lipinski definition) is 5. The summed E-state index contributed by atoms with van der Waals surface area (Å²) in [6.45, 7) is 3.84. The third-order valence-electron chi connectivity index (χ3n) is 4.52. The second kappa shape index (κ2) is 8.02. The van der Waals surface area contributed by atoms with Crippen molar-refractivity contribution in [2.24, 2.45) is 0 Å². The summed E-state index contributed by atoms with van der Waals surface area (Å²) in [4.78, 5) is 16.4. The molecule has 1 aromatic carbocycles. The largest absolute Gasteiger partial charge is 0.463 e. The highest BCUT2D eigenvalue weighted by Crippen LogP contribution is 2.35. The Morgan fingerprint density at radius 2 is 1.85 bits per heavy atom. The molecule has 6 nitrogen and oxygen atoms in total. The molecule has 0 bridgehead atoms. The van der Waals surface area contributed by atoms with Crippen molar-refractivity contribution >= 4 is 16.0 Å². The zero-order chi connectivity index (χ0) is 19.4. The van der Waals surface area contributed by atoms with Gasteiger partial charge in [-0.15, -0.1) is 0 Å². The zero-order valence-electron chi connectivity index (χ0n) is 15.3. The number of aryl methyl sites for hydroxylation is 1. The van der Waals surface area contributed by atoms with Gasteiger partial charge < -0.3 is 4.74 Å². The van der Waals surface area contributed by atoms with Gasteiger partial charge in [-0.1, -0.05) is 23.8 Å². The van der Waals surface area contributed by atoms with Crippen LogP contribution in [0.15, 0.2) is 65.3 Å². The molecule has 2 heterocycles. The zero-order valence-corrected chi connectivity index (χ0v) is 16.1. The Morgan fingerprint density at radius 3 is 2.48 bits per heavy atom. The molecular weight excluding hydrogens is 364 g/mol. The van der Waals surface area contributed by atoms with Crippen LogP contribution in [-0.2, 0) is 19.6 Å². The predicted molar refractivity (Wildman–Crippen MR) is 101 cm³/mol. The molecule has 0 unspecified atom stereocenters. The Balaban J connectivity index is 2.02. The number of benzene rings is 1. The smallest absolute Gasteiger partial charge is 0.335 e. The first kappa shape index (κ1) is 19.3. The minimum atomic E-state index is -3.79. The van der Waals surface area contributed by atoms with Crippen LogP contribution < -0.4 is 0 Å². The van der Waals surface area contributed by atoms with Gasteiger partial charge in [-0.05, 0) is 50.1 Å². The molecule has 27 heavy (non-hydrogen) atoms. The Labute approximate surface area is 159 Å². The summed E-state index contributed by atoms with van der Waals surface area (Å²) in [5.74, 6) is -0.477. The maximum atomic E-state index is 13.3. The van der Waals surface area contributed by atoms with Crippen LogP contribution in [0.1, 0.15) is 30.5 Å². The van der Waals surface area contributed by atoms with E-state index in [1.807, 2.05) is 6.92 Å². The van der Waals surface area contributed by atoms with Crippen LogP contribution in [0.3, 0.4) is 0 Å². The average Bonchev–Trinajstić information content (AvgIpc) is 2.69. The number of sulfonamides is 1. The predicted octanol–water partition coefficient (Wildman–Crippen LogP) is 3.02. The van der Waals surface area contributed by atoms with Crippen LogP contribution in [0.25, 0.3) is 0 Å². The number of ether oxygens (including phenoxy) is 1. The summed E-state index contributed by atoms with van der Waals surface area (Å²) in [5.41, 5.74) is 2.17. The van der Waals surface area contributed by atoms with E-state index in [2.05, 4.69) is 4.98 Å². The minimum Gasteiger partial charge on any atom is -0.463 e. The van der Waals surface area contributed by atoms with Crippen LogP contribution in [0.2, 0.25) is 0 Å². The quantitative estimate of drug-likeness (QED) is 0.739. The molecule has 0 fully saturated rings. The average molecular weight is 386 g/mol. The van der Waals surface area contributed by atoms with E-state index in [-0.39, 0.29) is 18.0 Å².